The highest BCUT2D eigenvalue weighted by Gasteiger charge is 2.50. The van der Waals surface area contributed by atoms with E-state index in [2.05, 4.69) is 57.7 Å². The number of nitrogens with zero attached hydrogens (tertiary/aromatic N) is 3. The molecule has 0 radical (unpaired) electrons. The van der Waals surface area contributed by atoms with E-state index in [9.17, 15) is 9.59 Å². The Morgan fingerprint density at radius 2 is 1.88 bits per heavy atom. The maximum absolute atomic E-state index is 14.2. The number of ether oxygens (including phenoxy) is 2. The van der Waals surface area contributed by atoms with Crippen LogP contribution in [0.25, 0.3) is 33.2 Å². The Kier molecular flexibility index (Phi) is 7.70. The monoisotopic (exact) mass is 671 g/mol. The van der Waals surface area contributed by atoms with Crippen molar-refractivity contribution in [3.05, 3.63) is 65.6 Å². The van der Waals surface area contributed by atoms with Gasteiger partial charge in [0.2, 0.25) is 5.91 Å². The fraction of sp³-hybridized carbons (Fsp3) is 0.463. The zero-order chi connectivity index (χ0) is 34.1. The van der Waals surface area contributed by atoms with Gasteiger partial charge in [0, 0.05) is 29.7 Å². The Balaban J connectivity index is 0.995. The molecular formula is C41H45N5O4. The minimum absolute atomic E-state index is 0.0283. The minimum atomic E-state index is -0.647. The molecule has 2 saturated carbocycles. The van der Waals surface area contributed by atoms with Crippen LogP contribution in [0.2, 0.25) is 0 Å². The number of imidazole rings is 1. The van der Waals surface area contributed by atoms with Crippen LogP contribution in [0.15, 0.2) is 53.7 Å². The third kappa shape index (κ3) is 5.19. The Hall–Kier alpha value is -4.66. The Bertz CT molecular complexity index is 2040. The largest absolute Gasteiger partial charge is 0.488 e. The molecule has 4 atom stereocenters. The Morgan fingerprint density at radius 1 is 1.02 bits per heavy atom. The van der Waals surface area contributed by atoms with Crippen LogP contribution in [0.3, 0.4) is 0 Å². The number of methoxy groups -OCH3 is 1. The summed E-state index contributed by atoms with van der Waals surface area (Å²) >= 11 is 0. The summed E-state index contributed by atoms with van der Waals surface area (Å²) in [5, 5.41) is 5.14. The van der Waals surface area contributed by atoms with Crippen LogP contribution in [0.1, 0.15) is 88.1 Å². The molecule has 1 saturated heterocycles. The molecule has 5 aliphatic rings. The van der Waals surface area contributed by atoms with E-state index in [1.807, 2.05) is 20.0 Å². The Morgan fingerprint density at radius 3 is 2.70 bits per heavy atom. The lowest BCUT2D eigenvalue weighted by atomic mass is 9.90. The molecule has 2 amide bonds. The van der Waals surface area contributed by atoms with Crippen LogP contribution in [-0.2, 0) is 22.6 Å². The van der Waals surface area contributed by atoms with Crippen molar-refractivity contribution < 1.29 is 19.1 Å². The molecule has 9 rings (SSSR count). The third-order valence-corrected chi connectivity index (χ3v) is 12.1. The number of amides is 2. The molecule has 4 aromatic rings. The number of benzene rings is 3. The SMILES string of the molecule is COC(=O)N[C@H](C(=O)N1[C@H](C2=Nc3ccc4cc5c(cc4c3C2)OCc2cc(-c3cnc(C4CCCC4)[nH]3)ccc2-5)C[C@@H]2CCC[C@@H]21)C(C)C. The number of rotatable bonds is 6. The Labute approximate surface area is 292 Å². The molecular weight excluding hydrogens is 626 g/mol. The minimum Gasteiger partial charge on any atom is -0.488 e. The highest BCUT2D eigenvalue weighted by molar-refractivity contribution is 6.06. The second-order valence-electron chi connectivity index (χ2n) is 15.3. The van der Waals surface area contributed by atoms with E-state index in [1.54, 1.807) is 0 Å². The molecule has 9 heteroatoms. The van der Waals surface area contributed by atoms with Crippen LogP contribution < -0.4 is 10.1 Å². The summed E-state index contributed by atoms with van der Waals surface area (Å²) < 4.78 is 11.3. The first-order valence-corrected chi connectivity index (χ1v) is 18.5. The molecule has 50 heavy (non-hydrogen) atoms. The fourth-order valence-corrected chi connectivity index (χ4v) is 9.54. The van der Waals surface area contributed by atoms with Gasteiger partial charge < -0.3 is 24.7 Å². The predicted octanol–water partition coefficient (Wildman–Crippen LogP) is 8.23. The summed E-state index contributed by atoms with van der Waals surface area (Å²) in [6.45, 7) is 4.45. The van der Waals surface area contributed by atoms with Crippen LogP contribution in [0, 0.1) is 11.8 Å². The molecule has 1 aromatic heterocycles. The third-order valence-electron chi connectivity index (χ3n) is 12.1. The van der Waals surface area contributed by atoms with Crippen LogP contribution in [0.4, 0.5) is 10.5 Å². The van der Waals surface area contributed by atoms with E-state index in [0.717, 1.165) is 76.2 Å². The summed E-state index contributed by atoms with van der Waals surface area (Å²) in [6.07, 6.45) is 11.3. The van der Waals surface area contributed by atoms with Crippen molar-refractivity contribution >= 4 is 34.2 Å². The van der Waals surface area contributed by atoms with E-state index >= 15 is 0 Å². The number of aromatic amines is 1. The average Bonchev–Trinajstić information content (AvgIpc) is 3.96. The average molecular weight is 672 g/mol. The summed E-state index contributed by atoms with van der Waals surface area (Å²) in [5.41, 5.74) is 8.91. The maximum Gasteiger partial charge on any atom is 0.407 e. The fourth-order valence-electron chi connectivity index (χ4n) is 9.54. The number of aliphatic imine (C=N–C) groups is 1. The number of nitrogens with one attached hydrogen (secondary N) is 2. The number of likely N-dealkylation sites (tertiary alicyclic amines) is 1. The standard InChI is InChI=1S/C41H45N5O4/c1-22(2)38(45-41(48)49-3)40(47)46-35-10-6-9-26(35)17-36(46)33-18-30-29-19-37-31(16-24(29)12-14-32(30)43-33)28-13-11-25(15-27(28)21-50-37)34-20-42-39(44-34)23-7-4-5-8-23/h11-16,19-20,22-23,26,35-36,38H,4-10,17-18,21H2,1-3H3,(H,42,44)(H,45,48)/t26-,35-,36-,38-/m0/s1. The number of carbonyl (C=O) groups is 2. The van der Waals surface area contributed by atoms with Crippen molar-refractivity contribution in [3.63, 3.8) is 0 Å². The van der Waals surface area contributed by atoms with E-state index in [0.29, 0.717) is 24.9 Å². The normalized spacial score (nSPS) is 22.9. The first-order valence-electron chi connectivity index (χ1n) is 18.5. The maximum atomic E-state index is 14.2. The first kappa shape index (κ1) is 31.3. The quantitative estimate of drug-likeness (QED) is 0.215. The molecule has 0 spiro atoms. The van der Waals surface area contributed by atoms with Crippen molar-refractivity contribution in [3.8, 4) is 28.1 Å². The smallest absolute Gasteiger partial charge is 0.407 e. The van der Waals surface area contributed by atoms with Crippen LogP contribution in [-0.4, -0.2) is 57.8 Å². The molecule has 0 unspecified atom stereocenters. The number of carbonyl (C=O) groups excluding carboxylic acids is 2. The summed E-state index contributed by atoms with van der Waals surface area (Å²) in [4.78, 5) is 42.1. The lowest BCUT2D eigenvalue weighted by Gasteiger charge is -2.34. The van der Waals surface area contributed by atoms with Crippen molar-refractivity contribution in [2.45, 2.75) is 102 Å². The predicted molar refractivity (Wildman–Crippen MR) is 194 cm³/mol. The molecule has 2 aliphatic carbocycles. The zero-order valence-electron chi connectivity index (χ0n) is 29.1. The van der Waals surface area contributed by atoms with Gasteiger partial charge in [0.05, 0.1) is 30.7 Å². The van der Waals surface area contributed by atoms with Gasteiger partial charge in [-0.1, -0.05) is 51.3 Å². The lowest BCUT2D eigenvalue weighted by Crippen LogP contribution is -2.56. The number of alkyl carbamates (subject to hydrolysis) is 1. The highest BCUT2D eigenvalue weighted by atomic mass is 16.5. The van der Waals surface area contributed by atoms with Gasteiger partial charge in [0.25, 0.3) is 0 Å². The number of H-pyrrole nitrogens is 1. The first-order chi connectivity index (χ1) is 24.4. The van der Waals surface area contributed by atoms with Gasteiger partial charge in [-0.3, -0.25) is 9.79 Å². The van der Waals surface area contributed by atoms with Crippen molar-refractivity contribution in [2.24, 2.45) is 16.8 Å². The number of aromatic nitrogens is 2. The second-order valence-corrected chi connectivity index (χ2v) is 15.3. The van der Waals surface area contributed by atoms with Gasteiger partial charge in [-0.2, -0.15) is 0 Å². The van der Waals surface area contributed by atoms with Gasteiger partial charge in [0.1, 0.15) is 24.2 Å². The lowest BCUT2D eigenvalue weighted by molar-refractivity contribution is -0.136. The van der Waals surface area contributed by atoms with Crippen LogP contribution >= 0.6 is 0 Å². The van der Waals surface area contributed by atoms with Gasteiger partial charge in [-0.25, -0.2) is 9.78 Å². The van der Waals surface area contributed by atoms with Gasteiger partial charge in [-0.15, -0.1) is 0 Å². The summed E-state index contributed by atoms with van der Waals surface area (Å²) in [6, 6.07) is 14.9. The van der Waals surface area contributed by atoms with Crippen molar-refractivity contribution in [1.29, 1.82) is 0 Å². The van der Waals surface area contributed by atoms with Crippen molar-refractivity contribution in [2.75, 3.05) is 7.11 Å². The number of fused-ring (bicyclic) bond motifs is 7. The number of hydrogen-bond donors (Lipinski definition) is 2. The molecule has 9 nitrogen and oxygen atoms in total. The zero-order valence-corrected chi connectivity index (χ0v) is 29.1. The van der Waals surface area contributed by atoms with E-state index in [1.165, 1.54) is 49.5 Å². The topological polar surface area (TPSA) is 109 Å². The number of hydrogen-bond acceptors (Lipinski definition) is 6. The molecule has 3 aliphatic heterocycles. The molecule has 4 heterocycles. The second kappa shape index (κ2) is 12.3. The van der Waals surface area contributed by atoms with Gasteiger partial charge >= 0.3 is 6.09 Å². The van der Waals surface area contributed by atoms with Crippen molar-refractivity contribution in [1.82, 2.24) is 20.2 Å². The van der Waals surface area contributed by atoms with E-state index in [4.69, 9.17) is 19.5 Å². The summed E-state index contributed by atoms with van der Waals surface area (Å²) in [7, 11) is 1.34. The molecule has 258 valence electrons. The van der Waals surface area contributed by atoms with E-state index < -0.39 is 12.1 Å². The summed E-state index contributed by atoms with van der Waals surface area (Å²) in [5.74, 6) is 2.93. The molecule has 0 bridgehead atoms. The molecule has 3 aromatic carbocycles. The van der Waals surface area contributed by atoms with Gasteiger partial charge in [-0.05, 0) is 101 Å². The van der Waals surface area contributed by atoms with Crippen LogP contribution in [0.5, 0.6) is 5.75 Å². The molecule has 2 N–H and O–H groups in total. The molecule has 3 fully saturated rings. The van der Waals surface area contributed by atoms with E-state index in [-0.39, 0.29) is 23.9 Å². The highest BCUT2D eigenvalue weighted by Crippen LogP contribution is 2.47. The van der Waals surface area contributed by atoms with Gasteiger partial charge in [0.15, 0.2) is 0 Å².